The minimum Gasteiger partial charge on any atom is -0.369 e. The molecule has 0 saturated heterocycles. The Morgan fingerprint density at radius 3 is 2.19 bits per heavy atom. The lowest BCUT2D eigenvalue weighted by Crippen LogP contribution is -2.53. The highest BCUT2D eigenvalue weighted by molar-refractivity contribution is 5.92. The fraction of sp³-hybridized carbons (Fsp3) is 0.800. The second kappa shape index (κ2) is 11.1. The lowest BCUT2D eigenvalue weighted by atomic mass is 10.00. The first-order valence-electron chi connectivity index (χ1n) is 7.80. The number of likely N-dealkylation sites (N-methyl/N-ethyl adjacent to an activating group) is 1. The maximum absolute atomic E-state index is 11.9. The third-order valence-electron chi connectivity index (χ3n) is 3.41. The highest BCUT2D eigenvalue weighted by Crippen LogP contribution is 2.07. The molecule has 0 aliphatic heterocycles. The molecule has 0 aromatic rings. The van der Waals surface area contributed by atoms with Crippen LogP contribution in [-0.4, -0.2) is 30.3 Å². The number of nitrogens with two attached hydrogens (primary N) is 1. The van der Waals surface area contributed by atoms with Crippen LogP contribution in [0, 0.1) is 5.92 Å². The van der Waals surface area contributed by atoms with E-state index in [0.717, 1.165) is 25.7 Å². The maximum Gasteiger partial charge on any atom is 0.243 e. The van der Waals surface area contributed by atoms with Gasteiger partial charge < -0.3 is 16.4 Å². The minimum absolute atomic E-state index is 0.212. The number of hydrogen-bond acceptors (Lipinski definition) is 3. The Morgan fingerprint density at radius 2 is 1.67 bits per heavy atom. The molecular formula is C15H29N3O3. The van der Waals surface area contributed by atoms with Crippen LogP contribution in [0.15, 0.2) is 0 Å². The van der Waals surface area contributed by atoms with Crippen molar-refractivity contribution >= 4 is 17.7 Å². The van der Waals surface area contributed by atoms with Gasteiger partial charge in [-0.3, -0.25) is 14.4 Å². The fourth-order valence-electron chi connectivity index (χ4n) is 2.00. The molecule has 0 aliphatic carbocycles. The van der Waals surface area contributed by atoms with Gasteiger partial charge in [-0.2, -0.15) is 0 Å². The van der Waals surface area contributed by atoms with Crippen molar-refractivity contribution in [1.29, 1.82) is 0 Å². The number of hydrogen-bond donors (Lipinski definition) is 3. The van der Waals surface area contributed by atoms with E-state index in [2.05, 4.69) is 17.6 Å². The average molecular weight is 299 g/mol. The summed E-state index contributed by atoms with van der Waals surface area (Å²) in [5, 5.41) is 5.23. The summed E-state index contributed by atoms with van der Waals surface area (Å²) in [7, 11) is 0. The van der Waals surface area contributed by atoms with Gasteiger partial charge in [0.25, 0.3) is 0 Å². The zero-order chi connectivity index (χ0) is 16.3. The number of nitrogens with one attached hydrogen (secondary N) is 2. The van der Waals surface area contributed by atoms with E-state index in [4.69, 9.17) is 5.73 Å². The first-order valence-corrected chi connectivity index (χ1v) is 7.80. The number of amides is 3. The van der Waals surface area contributed by atoms with Crippen LogP contribution in [0.1, 0.15) is 59.3 Å². The van der Waals surface area contributed by atoms with Crippen LogP contribution >= 0.6 is 0 Å². The zero-order valence-corrected chi connectivity index (χ0v) is 13.4. The van der Waals surface area contributed by atoms with Crippen molar-refractivity contribution in [2.75, 3.05) is 6.54 Å². The lowest BCUT2D eigenvalue weighted by Gasteiger charge is -2.22. The van der Waals surface area contributed by atoms with Gasteiger partial charge in [-0.25, -0.2) is 0 Å². The van der Waals surface area contributed by atoms with Gasteiger partial charge in [-0.1, -0.05) is 39.5 Å². The molecular weight excluding hydrogens is 270 g/mol. The van der Waals surface area contributed by atoms with Crippen LogP contribution in [0.25, 0.3) is 0 Å². The number of carbonyl (C=O) groups is 3. The summed E-state index contributed by atoms with van der Waals surface area (Å²) in [6.07, 6.45) is 5.59. The molecule has 0 spiro atoms. The molecule has 0 saturated carbocycles. The van der Waals surface area contributed by atoms with E-state index in [-0.39, 0.29) is 11.8 Å². The van der Waals surface area contributed by atoms with Gasteiger partial charge >= 0.3 is 0 Å². The van der Waals surface area contributed by atoms with Gasteiger partial charge in [-0.05, 0) is 13.3 Å². The quantitative estimate of drug-likeness (QED) is 0.498. The summed E-state index contributed by atoms with van der Waals surface area (Å²) in [5.41, 5.74) is 5.23. The molecule has 0 aliphatic rings. The monoisotopic (exact) mass is 299 g/mol. The number of primary amides is 1. The Bertz CT molecular complexity index is 345. The topological polar surface area (TPSA) is 101 Å². The van der Waals surface area contributed by atoms with Gasteiger partial charge in [0.2, 0.25) is 17.7 Å². The first-order chi connectivity index (χ1) is 9.93. The van der Waals surface area contributed by atoms with Crippen LogP contribution in [-0.2, 0) is 14.4 Å². The SMILES string of the molecule is CCCCCCCC(=O)N[C@@H](C(=O)NCC)C(C)C(N)=O. The van der Waals surface area contributed by atoms with Crippen molar-refractivity contribution < 1.29 is 14.4 Å². The van der Waals surface area contributed by atoms with Crippen molar-refractivity contribution in [3.05, 3.63) is 0 Å². The molecule has 0 rings (SSSR count). The van der Waals surface area contributed by atoms with E-state index >= 15 is 0 Å². The Kier molecular flexibility index (Phi) is 10.3. The molecule has 0 aromatic carbocycles. The Hall–Kier alpha value is -1.59. The molecule has 6 nitrogen and oxygen atoms in total. The molecule has 1 unspecified atom stereocenters. The van der Waals surface area contributed by atoms with E-state index < -0.39 is 17.9 Å². The van der Waals surface area contributed by atoms with E-state index in [1.807, 2.05) is 0 Å². The molecule has 21 heavy (non-hydrogen) atoms. The third kappa shape index (κ3) is 8.32. The molecule has 0 aromatic heterocycles. The summed E-state index contributed by atoms with van der Waals surface area (Å²) in [6, 6.07) is -0.898. The third-order valence-corrected chi connectivity index (χ3v) is 3.41. The molecule has 122 valence electrons. The average Bonchev–Trinajstić information content (AvgIpc) is 2.43. The normalized spacial score (nSPS) is 13.3. The largest absolute Gasteiger partial charge is 0.369 e. The molecule has 0 radical (unpaired) electrons. The van der Waals surface area contributed by atoms with Gasteiger partial charge in [0.1, 0.15) is 6.04 Å². The Labute approximate surface area is 127 Å². The molecule has 3 amide bonds. The molecule has 2 atom stereocenters. The lowest BCUT2D eigenvalue weighted by molar-refractivity contribution is -0.133. The number of carbonyl (C=O) groups excluding carboxylic acids is 3. The van der Waals surface area contributed by atoms with Crippen LogP contribution in [0.2, 0.25) is 0 Å². The van der Waals surface area contributed by atoms with Gasteiger partial charge in [-0.15, -0.1) is 0 Å². The molecule has 4 N–H and O–H groups in total. The summed E-state index contributed by atoms with van der Waals surface area (Å²) >= 11 is 0. The van der Waals surface area contributed by atoms with Gasteiger partial charge in [0, 0.05) is 13.0 Å². The summed E-state index contributed by atoms with van der Waals surface area (Å²) in [4.78, 5) is 35.0. The smallest absolute Gasteiger partial charge is 0.243 e. The van der Waals surface area contributed by atoms with Crippen LogP contribution < -0.4 is 16.4 Å². The predicted octanol–water partition coefficient (Wildman–Crippen LogP) is 1.09. The fourth-order valence-corrected chi connectivity index (χ4v) is 2.00. The second-order valence-corrected chi connectivity index (χ2v) is 5.30. The zero-order valence-electron chi connectivity index (χ0n) is 13.4. The van der Waals surface area contributed by atoms with E-state index in [1.165, 1.54) is 6.42 Å². The summed E-state index contributed by atoms with van der Waals surface area (Å²) in [5.74, 6) is -1.92. The van der Waals surface area contributed by atoms with Crippen molar-refractivity contribution in [1.82, 2.24) is 10.6 Å². The van der Waals surface area contributed by atoms with E-state index in [0.29, 0.717) is 13.0 Å². The molecule has 6 heteroatoms. The highest BCUT2D eigenvalue weighted by Gasteiger charge is 2.29. The Morgan fingerprint density at radius 1 is 1.05 bits per heavy atom. The van der Waals surface area contributed by atoms with Crippen molar-refractivity contribution in [2.45, 2.75) is 65.3 Å². The van der Waals surface area contributed by atoms with E-state index in [9.17, 15) is 14.4 Å². The van der Waals surface area contributed by atoms with E-state index in [1.54, 1.807) is 13.8 Å². The van der Waals surface area contributed by atoms with Gasteiger partial charge in [0.15, 0.2) is 0 Å². The molecule has 0 bridgehead atoms. The second-order valence-electron chi connectivity index (χ2n) is 5.30. The van der Waals surface area contributed by atoms with Crippen LogP contribution in [0.5, 0.6) is 0 Å². The molecule has 0 fully saturated rings. The van der Waals surface area contributed by atoms with Crippen molar-refractivity contribution in [3.63, 3.8) is 0 Å². The van der Waals surface area contributed by atoms with Gasteiger partial charge in [0.05, 0.1) is 5.92 Å². The standard InChI is InChI=1S/C15H29N3O3/c1-4-6-7-8-9-10-12(19)18-13(11(3)14(16)20)15(21)17-5-2/h11,13H,4-10H2,1-3H3,(H2,16,20)(H,17,21)(H,18,19)/t11?,13-/m1/s1. The van der Waals surface area contributed by atoms with Crippen molar-refractivity contribution in [3.8, 4) is 0 Å². The maximum atomic E-state index is 11.9. The minimum atomic E-state index is -0.898. The van der Waals surface area contributed by atoms with Crippen molar-refractivity contribution in [2.24, 2.45) is 11.7 Å². The predicted molar refractivity (Wildman–Crippen MR) is 82.3 cm³/mol. The summed E-state index contributed by atoms with van der Waals surface area (Å²) in [6.45, 7) is 5.89. The number of unbranched alkanes of at least 4 members (excludes halogenated alkanes) is 4. The summed E-state index contributed by atoms with van der Waals surface area (Å²) < 4.78 is 0. The van der Waals surface area contributed by atoms with Crippen LogP contribution in [0.4, 0.5) is 0 Å². The Balaban J connectivity index is 4.35. The highest BCUT2D eigenvalue weighted by atomic mass is 16.2. The first kappa shape index (κ1) is 19.4. The number of rotatable bonds is 11. The van der Waals surface area contributed by atoms with Crippen LogP contribution in [0.3, 0.4) is 0 Å². The molecule has 0 heterocycles.